The van der Waals surface area contributed by atoms with E-state index in [1.807, 2.05) is 25.2 Å². The van der Waals surface area contributed by atoms with Gasteiger partial charge in [0.15, 0.2) is 5.82 Å². The number of carboxylic acid groups (broad SMARTS) is 1. The molecule has 1 unspecified atom stereocenters. The fourth-order valence-electron chi connectivity index (χ4n) is 5.16. The standard InChI is InChI=1S/C26H29N5O3/c1-4-31-21-9-5-7-16(2)19(21)14-23(31)24-28-20-13-17(10-11-22(20)29(24)3)25(32)30-12-6-8-18(15-30)27-26(33)34/h5,7,9-11,13-14,18,27H,4,6,8,12,15H2,1-3H3,(H,33,34). The Kier molecular flexibility index (Phi) is 5.51. The highest BCUT2D eigenvalue weighted by Crippen LogP contribution is 2.31. The molecular weight excluding hydrogens is 430 g/mol. The molecule has 1 aliphatic rings. The molecule has 2 aromatic heterocycles. The third kappa shape index (κ3) is 3.69. The summed E-state index contributed by atoms with van der Waals surface area (Å²) in [7, 11) is 2.00. The van der Waals surface area contributed by atoms with Gasteiger partial charge in [0.25, 0.3) is 5.91 Å². The molecule has 1 fully saturated rings. The Morgan fingerprint density at radius 3 is 2.76 bits per heavy atom. The quantitative estimate of drug-likeness (QED) is 0.473. The second kappa shape index (κ2) is 8.52. The number of nitrogens with one attached hydrogen (secondary N) is 1. The third-order valence-electron chi connectivity index (χ3n) is 6.87. The van der Waals surface area contributed by atoms with Gasteiger partial charge in [-0.2, -0.15) is 0 Å². The zero-order valence-corrected chi connectivity index (χ0v) is 19.7. The third-order valence-corrected chi connectivity index (χ3v) is 6.87. The van der Waals surface area contributed by atoms with E-state index < -0.39 is 6.09 Å². The summed E-state index contributed by atoms with van der Waals surface area (Å²) in [4.78, 5) is 30.9. The smallest absolute Gasteiger partial charge is 0.404 e. The number of piperidine rings is 1. The molecule has 2 aromatic carbocycles. The Labute approximate surface area is 197 Å². The average Bonchev–Trinajstić information content (AvgIpc) is 3.36. The molecule has 0 aliphatic carbocycles. The lowest BCUT2D eigenvalue weighted by atomic mass is 10.0. The van der Waals surface area contributed by atoms with Crippen LogP contribution in [0.5, 0.6) is 0 Å². The number of imidazole rings is 1. The van der Waals surface area contributed by atoms with Crippen LogP contribution in [-0.4, -0.2) is 55.3 Å². The predicted molar refractivity (Wildman–Crippen MR) is 132 cm³/mol. The molecule has 0 spiro atoms. The molecule has 1 saturated heterocycles. The van der Waals surface area contributed by atoms with Crippen molar-refractivity contribution >= 4 is 33.9 Å². The van der Waals surface area contributed by atoms with Crippen molar-refractivity contribution in [3.63, 3.8) is 0 Å². The van der Waals surface area contributed by atoms with E-state index in [2.05, 4.69) is 52.6 Å². The van der Waals surface area contributed by atoms with E-state index in [0.29, 0.717) is 18.7 Å². The summed E-state index contributed by atoms with van der Waals surface area (Å²) in [6.07, 6.45) is 0.457. The van der Waals surface area contributed by atoms with Crippen LogP contribution >= 0.6 is 0 Å². The summed E-state index contributed by atoms with van der Waals surface area (Å²) in [5.74, 6) is 0.769. The van der Waals surface area contributed by atoms with Gasteiger partial charge in [0, 0.05) is 49.2 Å². The average molecular weight is 460 g/mol. The van der Waals surface area contributed by atoms with Crippen molar-refractivity contribution in [3.05, 3.63) is 53.6 Å². The molecule has 5 rings (SSSR count). The van der Waals surface area contributed by atoms with E-state index in [-0.39, 0.29) is 11.9 Å². The molecule has 1 atom stereocenters. The summed E-state index contributed by atoms with van der Waals surface area (Å²) < 4.78 is 4.35. The van der Waals surface area contributed by atoms with Crippen LogP contribution < -0.4 is 5.32 Å². The van der Waals surface area contributed by atoms with Gasteiger partial charge >= 0.3 is 6.09 Å². The number of aromatic nitrogens is 3. The number of fused-ring (bicyclic) bond motifs is 2. The van der Waals surface area contributed by atoms with Crippen molar-refractivity contribution in [1.82, 2.24) is 24.3 Å². The number of likely N-dealkylation sites (tertiary alicyclic amines) is 1. The van der Waals surface area contributed by atoms with Crippen molar-refractivity contribution in [3.8, 4) is 11.5 Å². The van der Waals surface area contributed by atoms with Gasteiger partial charge in [-0.25, -0.2) is 9.78 Å². The number of nitrogens with zero attached hydrogens (tertiary/aromatic N) is 4. The lowest BCUT2D eigenvalue weighted by Gasteiger charge is -2.32. The number of amides is 2. The van der Waals surface area contributed by atoms with E-state index in [1.54, 1.807) is 4.90 Å². The van der Waals surface area contributed by atoms with Crippen molar-refractivity contribution in [2.75, 3.05) is 13.1 Å². The largest absolute Gasteiger partial charge is 0.465 e. The fraction of sp³-hybridized carbons (Fsp3) is 0.346. The van der Waals surface area contributed by atoms with Crippen molar-refractivity contribution in [1.29, 1.82) is 0 Å². The van der Waals surface area contributed by atoms with Crippen molar-refractivity contribution in [2.24, 2.45) is 7.05 Å². The van der Waals surface area contributed by atoms with Crippen LogP contribution in [0.1, 0.15) is 35.7 Å². The number of benzene rings is 2. The fourth-order valence-corrected chi connectivity index (χ4v) is 5.16. The minimum Gasteiger partial charge on any atom is -0.465 e. The first kappa shape index (κ1) is 22.0. The van der Waals surface area contributed by atoms with Crippen LogP contribution in [0.15, 0.2) is 42.5 Å². The Morgan fingerprint density at radius 2 is 2.00 bits per heavy atom. The summed E-state index contributed by atoms with van der Waals surface area (Å²) in [6, 6.07) is 13.9. The molecule has 4 aromatic rings. The number of hydrogen-bond acceptors (Lipinski definition) is 3. The predicted octanol–water partition coefficient (Wildman–Crippen LogP) is 4.40. The van der Waals surface area contributed by atoms with Gasteiger partial charge in [-0.1, -0.05) is 12.1 Å². The monoisotopic (exact) mass is 459 g/mol. The normalized spacial score (nSPS) is 16.3. The SMILES string of the molecule is CCn1c(-c2nc3cc(C(=O)N4CCCC(NC(=O)O)C4)ccc3n2C)cc2c(C)cccc21. The first-order valence-corrected chi connectivity index (χ1v) is 11.7. The summed E-state index contributed by atoms with van der Waals surface area (Å²) in [6.45, 7) is 6.09. The number of hydrogen-bond donors (Lipinski definition) is 2. The Bertz CT molecular complexity index is 1420. The van der Waals surface area contributed by atoms with E-state index in [9.17, 15) is 9.59 Å². The maximum absolute atomic E-state index is 13.2. The van der Waals surface area contributed by atoms with Gasteiger partial charge in [-0.3, -0.25) is 4.79 Å². The molecule has 34 heavy (non-hydrogen) atoms. The van der Waals surface area contributed by atoms with Crippen LogP contribution in [0.3, 0.4) is 0 Å². The summed E-state index contributed by atoms with van der Waals surface area (Å²) in [5.41, 5.74) is 5.77. The molecule has 0 saturated carbocycles. The van der Waals surface area contributed by atoms with E-state index >= 15 is 0 Å². The van der Waals surface area contributed by atoms with Crippen molar-refractivity contribution < 1.29 is 14.7 Å². The molecule has 0 bridgehead atoms. The van der Waals surface area contributed by atoms with E-state index in [0.717, 1.165) is 41.9 Å². The minimum atomic E-state index is -1.05. The van der Waals surface area contributed by atoms with E-state index in [1.165, 1.54) is 16.5 Å². The molecule has 2 amide bonds. The number of aryl methyl sites for hydroxylation is 3. The van der Waals surface area contributed by atoms with Gasteiger partial charge in [-0.05, 0) is 62.6 Å². The molecule has 176 valence electrons. The Balaban J connectivity index is 1.51. The molecule has 8 heteroatoms. The highest BCUT2D eigenvalue weighted by Gasteiger charge is 2.26. The maximum atomic E-state index is 13.2. The van der Waals surface area contributed by atoms with Gasteiger partial charge in [0.05, 0.1) is 16.7 Å². The van der Waals surface area contributed by atoms with Gasteiger partial charge < -0.3 is 24.5 Å². The molecular formula is C26H29N5O3. The van der Waals surface area contributed by atoms with Gasteiger partial charge in [-0.15, -0.1) is 0 Å². The topological polar surface area (TPSA) is 92.4 Å². The number of carbonyl (C=O) groups is 2. The number of carbonyl (C=O) groups excluding carboxylic acids is 1. The zero-order valence-electron chi connectivity index (χ0n) is 19.7. The Hall–Kier alpha value is -3.81. The first-order valence-electron chi connectivity index (χ1n) is 11.7. The van der Waals surface area contributed by atoms with Crippen LogP contribution in [0.4, 0.5) is 4.79 Å². The highest BCUT2D eigenvalue weighted by atomic mass is 16.4. The minimum absolute atomic E-state index is 0.0933. The second-order valence-corrected chi connectivity index (χ2v) is 9.02. The Morgan fingerprint density at radius 1 is 1.18 bits per heavy atom. The highest BCUT2D eigenvalue weighted by molar-refractivity contribution is 5.98. The van der Waals surface area contributed by atoms with Crippen LogP contribution in [0.2, 0.25) is 0 Å². The molecule has 8 nitrogen and oxygen atoms in total. The lowest BCUT2D eigenvalue weighted by Crippen LogP contribution is -2.49. The van der Waals surface area contributed by atoms with Gasteiger partial charge in [0.2, 0.25) is 0 Å². The first-order chi connectivity index (χ1) is 16.4. The molecule has 0 radical (unpaired) electrons. The van der Waals surface area contributed by atoms with Crippen LogP contribution in [0.25, 0.3) is 33.5 Å². The molecule has 2 N–H and O–H groups in total. The molecule has 1 aliphatic heterocycles. The van der Waals surface area contributed by atoms with Gasteiger partial charge in [0.1, 0.15) is 0 Å². The zero-order chi connectivity index (χ0) is 24.0. The second-order valence-electron chi connectivity index (χ2n) is 9.02. The molecule has 3 heterocycles. The number of rotatable bonds is 4. The van der Waals surface area contributed by atoms with Crippen LogP contribution in [-0.2, 0) is 13.6 Å². The summed E-state index contributed by atoms with van der Waals surface area (Å²) in [5, 5.41) is 12.7. The van der Waals surface area contributed by atoms with Crippen molar-refractivity contribution in [2.45, 2.75) is 39.3 Å². The maximum Gasteiger partial charge on any atom is 0.404 e. The van der Waals surface area contributed by atoms with Crippen LogP contribution in [0, 0.1) is 6.92 Å². The lowest BCUT2D eigenvalue weighted by molar-refractivity contribution is 0.0692. The van der Waals surface area contributed by atoms with E-state index in [4.69, 9.17) is 10.1 Å². The summed E-state index contributed by atoms with van der Waals surface area (Å²) >= 11 is 0.